The Hall–Kier alpha value is -1.84. The molecule has 2 aliphatic rings. The normalized spacial score (nSPS) is 31.5. The summed E-state index contributed by atoms with van der Waals surface area (Å²) >= 11 is 7.45. The molecule has 0 N–H and O–H groups in total. The quantitative estimate of drug-likeness (QED) is 0.394. The van der Waals surface area contributed by atoms with Crippen molar-refractivity contribution in [3.63, 3.8) is 0 Å². The number of azide groups is 1. The fourth-order valence-electron chi connectivity index (χ4n) is 3.47. The first kappa shape index (κ1) is 20.4. The Balaban J connectivity index is 1.57. The second-order valence-electron chi connectivity index (χ2n) is 6.57. The fourth-order valence-corrected chi connectivity index (χ4v) is 4.90. The zero-order valence-electron chi connectivity index (χ0n) is 15.5. The van der Waals surface area contributed by atoms with Crippen LogP contribution in [0.25, 0.3) is 10.4 Å². The average Bonchev–Trinajstić information content (AvgIpc) is 2.74. The highest BCUT2D eigenvalue weighted by Gasteiger charge is 2.50. The number of methoxy groups -OCH3 is 1. The van der Waals surface area contributed by atoms with Crippen molar-refractivity contribution in [1.82, 2.24) is 4.98 Å². The van der Waals surface area contributed by atoms with E-state index in [1.54, 1.807) is 25.6 Å². The summed E-state index contributed by atoms with van der Waals surface area (Å²) in [7, 11) is 1.56. The molecule has 2 saturated heterocycles. The van der Waals surface area contributed by atoms with Crippen molar-refractivity contribution in [1.29, 1.82) is 0 Å². The van der Waals surface area contributed by atoms with Gasteiger partial charge in [0.1, 0.15) is 23.7 Å². The van der Waals surface area contributed by atoms with Gasteiger partial charge < -0.3 is 18.9 Å². The van der Waals surface area contributed by atoms with Gasteiger partial charge in [-0.05, 0) is 11.6 Å². The van der Waals surface area contributed by atoms with E-state index >= 15 is 0 Å². The molecule has 29 heavy (non-hydrogen) atoms. The van der Waals surface area contributed by atoms with E-state index in [9.17, 15) is 0 Å². The van der Waals surface area contributed by atoms with Crippen molar-refractivity contribution in [2.24, 2.45) is 5.11 Å². The largest absolute Gasteiger partial charge is 0.377 e. The van der Waals surface area contributed by atoms with Crippen LogP contribution in [0.15, 0.2) is 58.8 Å². The maximum absolute atomic E-state index is 9.16. The maximum Gasteiger partial charge on any atom is 0.184 e. The first-order chi connectivity index (χ1) is 14.2. The summed E-state index contributed by atoms with van der Waals surface area (Å²) in [6.07, 6.45) is 1.28. The van der Waals surface area contributed by atoms with Gasteiger partial charge in [-0.2, -0.15) is 0 Å². The van der Waals surface area contributed by atoms with Crippen LogP contribution in [0.2, 0.25) is 5.02 Å². The zero-order valence-corrected chi connectivity index (χ0v) is 17.1. The monoisotopic (exact) mass is 434 g/mol. The van der Waals surface area contributed by atoms with Crippen molar-refractivity contribution >= 4 is 23.4 Å². The second kappa shape index (κ2) is 9.32. The van der Waals surface area contributed by atoms with Crippen LogP contribution in [0, 0.1) is 0 Å². The third-order valence-electron chi connectivity index (χ3n) is 4.77. The standard InChI is InChI=1S/C19H19ClN4O4S/c1-25-17-15(23-24-21)16-14(10-26-18(28-16)11-5-3-2-4-6-11)27-19(17)29-13-7-12(20)8-22-9-13/h2-9,14-19H,10H2,1H3/t14?,15?,16-,17?,18?,19+/m0/s1. The van der Waals surface area contributed by atoms with Gasteiger partial charge in [-0.25, -0.2) is 0 Å². The Morgan fingerprint density at radius 2 is 2.10 bits per heavy atom. The molecule has 4 rings (SSSR count). The molecular weight excluding hydrogens is 416 g/mol. The number of nitrogens with zero attached hydrogens (tertiary/aromatic N) is 4. The molecule has 0 aliphatic carbocycles. The van der Waals surface area contributed by atoms with Crippen LogP contribution in [0.4, 0.5) is 0 Å². The zero-order chi connectivity index (χ0) is 20.2. The van der Waals surface area contributed by atoms with Crippen molar-refractivity contribution in [3.8, 4) is 0 Å². The molecule has 0 saturated carbocycles. The predicted molar refractivity (Wildman–Crippen MR) is 108 cm³/mol. The molecule has 1 aromatic carbocycles. The first-order valence-electron chi connectivity index (χ1n) is 9.01. The molecule has 6 atom stereocenters. The van der Waals surface area contributed by atoms with E-state index in [-0.39, 0.29) is 0 Å². The average molecular weight is 435 g/mol. The number of aromatic nitrogens is 1. The van der Waals surface area contributed by atoms with Crippen molar-refractivity contribution in [3.05, 3.63) is 69.8 Å². The van der Waals surface area contributed by atoms with Crippen LogP contribution < -0.4 is 0 Å². The Morgan fingerprint density at radius 1 is 1.28 bits per heavy atom. The molecule has 0 radical (unpaired) electrons. The summed E-state index contributed by atoms with van der Waals surface area (Å²) < 4.78 is 23.9. The van der Waals surface area contributed by atoms with E-state index in [4.69, 9.17) is 36.1 Å². The van der Waals surface area contributed by atoms with Crippen LogP contribution in [0.5, 0.6) is 0 Å². The Morgan fingerprint density at radius 3 is 2.83 bits per heavy atom. The number of halogens is 1. The Kier molecular flexibility index (Phi) is 6.56. The summed E-state index contributed by atoms with van der Waals surface area (Å²) in [5, 5.41) is 4.52. The minimum absolute atomic E-state index is 0.308. The van der Waals surface area contributed by atoms with E-state index in [0.717, 1.165) is 10.5 Å². The van der Waals surface area contributed by atoms with Crippen LogP contribution in [0.1, 0.15) is 11.9 Å². The van der Waals surface area contributed by atoms with Crippen LogP contribution >= 0.6 is 23.4 Å². The van der Waals surface area contributed by atoms with Gasteiger partial charge in [0.2, 0.25) is 0 Å². The molecule has 2 fully saturated rings. The highest BCUT2D eigenvalue weighted by Crippen LogP contribution is 2.41. The summed E-state index contributed by atoms with van der Waals surface area (Å²) in [6, 6.07) is 10.8. The van der Waals surface area contributed by atoms with E-state index in [2.05, 4.69) is 15.0 Å². The van der Waals surface area contributed by atoms with Gasteiger partial charge >= 0.3 is 0 Å². The number of pyridine rings is 1. The van der Waals surface area contributed by atoms with Crippen LogP contribution in [-0.4, -0.2) is 48.5 Å². The van der Waals surface area contributed by atoms with Gasteiger partial charge in [-0.3, -0.25) is 4.98 Å². The van der Waals surface area contributed by atoms with Gasteiger partial charge in [0.15, 0.2) is 6.29 Å². The van der Waals surface area contributed by atoms with Crippen LogP contribution in [0.3, 0.4) is 0 Å². The number of fused-ring (bicyclic) bond motifs is 1. The second-order valence-corrected chi connectivity index (χ2v) is 8.18. The molecule has 10 heteroatoms. The number of ether oxygens (including phenoxy) is 4. The number of thioether (sulfide) groups is 1. The Bertz CT molecular complexity index is 886. The van der Waals surface area contributed by atoms with Crippen molar-refractivity contribution in [2.75, 3.05) is 13.7 Å². The van der Waals surface area contributed by atoms with Gasteiger partial charge in [0.25, 0.3) is 0 Å². The molecule has 2 aromatic rings. The summed E-state index contributed by atoms with van der Waals surface area (Å²) in [5.41, 5.74) is 9.60. The molecule has 0 spiro atoms. The molecule has 2 aliphatic heterocycles. The molecule has 3 heterocycles. The lowest BCUT2D eigenvalue weighted by molar-refractivity contribution is -0.298. The van der Waals surface area contributed by atoms with E-state index in [1.165, 1.54) is 11.8 Å². The number of hydrogen-bond acceptors (Lipinski definition) is 7. The fraction of sp³-hybridized carbons (Fsp3) is 0.421. The molecule has 152 valence electrons. The van der Waals surface area contributed by atoms with Crippen LogP contribution in [-0.2, 0) is 18.9 Å². The number of rotatable bonds is 5. The molecule has 1 aromatic heterocycles. The van der Waals surface area contributed by atoms with E-state index < -0.39 is 36.1 Å². The minimum atomic E-state index is -0.580. The van der Waals surface area contributed by atoms with Gasteiger partial charge in [-0.15, -0.1) is 0 Å². The molecule has 0 amide bonds. The minimum Gasteiger partial charge on any atom is -0.377 e. The predicted octanol–water partition coefficient (Wildman–Crippen LogP) is 4.36. The van der Waals surface area contributed by atoms with Gasteiger partial charge in [0, 0.05) is 34.9 Å². The van der Waals surface area contributed by atoms with Crippen molar-refractivity contribution < 1.29 is 18.9 Å². The van der Waals surface area contributed by atoms with Gasteiger partial charge in [-0.1, -0.05) is 58.8 Å². The van der Waals surface area contributed by atoms with Crippen molar-refractivity contribution in [2.45, 2.75) is 41.0 Å². The third kappa shape index (κ3) is 4.51. The highest BCUT2D eigenvalue weighted by molar-refractivity contribution is 7.99. The maximum atomic E-state index is 9.16. The third-order valence-corrected chi connectivity index (χ3v) is 6.08. The highest BCUT2D eigenvalue weighted by atomic mass is 35.5. The van der Waals surface area contributed by atoms with E-state index in [1.807, 2.05) is 30.3 Å². The molecule has 4 unspecified atom stereocenters. The number of benzene rings is 1. The number of hydrogen-bond donors (Lipinski definition) is 0. The van der Waals surface area contributed by atoms with E-state index in [0.29, 0.717) is 11.6 Å². The molecule has 0 bridgehead atoms. The summed E-state index contributed by atoms with van der Waals surface area (Å²) in [5.74, 6) is 0. The smallest absolute Gasteiger partial charge is 0.184 e. The lowest BCUT2D eigenvalue weighted by Gasteiger charge is -2.47. The molecular formula is C19H19ClN4O4S. The topological polar surface area (TPSA) is 98.6 Å². The summed E-state index contributed by atoms with van der Waals surface area (Å²) in [6.45, 7) is 0.308. The summed E-state index contributed by atoms with van der Waals surface area (Å²) in [4.78, 5) is 7.95. The molecule has 8 nitrogen and oxygen atoms in total. The van der Waals surface area contributed by atoms with Gasteiger partial charge in [0.05, 0.1) is 17.7 Å². The SMILES string of the molecule is COC1C(N=[N+]=[N-])[C@H]2OC(c3ccccc3)OCC2O[C@@H]1Sc1cncc(Cl)c1. The lowest BCUT2D eigenvalue weighted by atomic mass is 9.96. The lowest BCUT2D eigenvalue weighted by Crippen LogP contribution is -2.60. The first-order valence-corrected chi connectivity index (χ1v) is 10.3. The Labute approximate surface area is 177 Å².